The lowest BCUT2D eigenvalue weighted by molar-refractivity contribution is -0.141. The van der Waals surface area contributed by atoms with Crippen molar-refractivity contribution in [3.63, 3.8) is 0 Å². The molecule has 0 bridgehead atoms. The zero-order chi connectivity index (χ0) is 21.4. The number of anilines is 1. The van der Waals surface area contributed by atoms with Crippen molar-refractivity contribution in [2.75, 3.05) is 39.6 Å². The lowest BCUT2D eigenvalue weighted by Gasteiger charge is -2.22. The molecular weight excluding hydrogens is 392 g/mol. The molecule has 1 aromatic heterocycles. The normalized spacial score (nSPS) is 11.9. The number of benzene rings is 1. The van der Waals surface area contributed by atoms with Crippen molar-refractivity contribution in [1.82, 2.24) is 20.2 Å². The number of aliphatic imine (C=N–C) groups is 1. The third-order valence-electron chi connectivity index (χ3n) is 3.85. The molecule has 0 atom stereocenters. The second-order valence-corrected chi connectivity index (χ2v) is 5.99. The van der Waals surface area contributed by atoms with Gasteiger partial charge in [-0.1, -0.05) is 6.07 Å². The molecule has 0 amide bonds. The summed E-state index contributed by atoms with van der Waals surface area (Å²) in [5, 5.41) is 5.78. The van der Waals surface area contributed by atoms with E-state index in [4.69, 9.17) is 4.74 Å². The van der Waals surface area contributed by atoms with Gasteiger partial charge in [0, 0.05) is 39.9 Å². The third kappa shape index (κ3) is 6.47. The second kappa shape index (κ2) is 9.89. The molecule has 0 aliphatic rings. The first-order chi connectivity index (χ1) is 13.7. The van der Waals surface area contributed by atoms with Crippen molar-refractivity contribution in [3.8, 4) is 5.75 Å². The van der Waals surface area contributed by atoms with Crippen LogP contribution in [0.25, 0.3) is 0 Å². The molecule has 0 fully saturated rings. The zero-order valence-electron chi connectivity index (χ0n) is 16.2. The van der Waals surface area contributed by atoms with Gasteiger partial charge in [0.25, 0.3) is 0 Å². The van der Waals surface area contributed by atoms with Crippen LogP contribution in [0.4, 0.5) is 23.5 Å². The van der Waals surface area contributed by atoms with E-state index in [2.05, 4.69) is 25.6 Å². The molecule has 0 aliphatic carbocycles. The Hall–Kier alpha value is -3.11. The number of nitrogens with zero attached hydrogens (tertiary/aromatic N) is 4. The molecule has 2 N–H and O–H groups in total. The van der Waals surface area contributed by atoms with Gasteiger partial charge in [-0.3, -0.25) is 4.99 Å². The van der Waals surface area contributed by atoms with Gasteiger partial charge >= 0.3 is 6.18 Å². The molecule has 0 aliphatic heterocycles. The Morgan fingerprint density at radius 2 is 2.00 bits per heavy atom. The molecule has 1 heterocycles. The minimum absolute atomic E-state index is 0.112. The second-order valence-electron chi connectivity index (χ2n) is 5.99. The Bertz CT molecular complexity index is 843. The van der Waals surface area contributed by atoms with Gasteiger partial charge < -0.3 is 20.3 Å². The predicted molar refractivity (Wildman–Crippen MR) is 101 cm³/mol. The number of guanidine groups is 1. The fourth-order valence-corrected chi connectivity index (χ4v) is 2.49. The van der Waals surface area contributed by atoms with Crippen LogP contribution in [0.2, 0.25) is 0 Å². The smallest absolute Gasteiger partial charge is 0.433 e. The number of hydrogen-bond donors (Lipinski definition) is 2. The van der Waals surface area contributed by atoms with Crippen LogP contribution in [-0.4, -0.2) is 55.1 Å². The monoisotopic (exact) mass is 414 g/mol. The van der Waals surface area contributed by atoms with E-state index < -0.39 is 17.7 Å². The maximum atomic E-state index is 13.8. The van der Waals surface area contributed by atoms with Crippen LogP contribution in [0.1, 0.15) is 11.3 Å². The van der Waals surface area contributed by atoms with E-state index in [0.29, 0.717) is 19.0 Å². The topological polar surface area (TPSA) is 74.7 Å². The summed E-state index contributed by atoms with van der Waals surface area (Å²) in [7, 11) is 4.77. The molecule has 0 spiro atoms. The number of nitrogens with one attached hydrogen (secondary N) is 2. The summed E-state index contributed by atoms with van der Waals surface area (Å²) in [5.74, 6) is 0.139. The number of alkyl halides is 3. The molecule has 2 rings (SSSR count). The largest absolute Gasteiger partial charge is 0.494 e. The van der Waals surface area contributed by atoms with Crippen molar-refractivity contribution in [3.05, 3.63) is 47.5 Å². The van der Waals surface area contributed by atoms with Crippen LogP contribution in [0, 0.1) is 5.82 Å². The molecule has 0 radical (unpaired) electrons. The van der Waals surface area contributed by atoms with Crippen molar-refractivity contribution in [1.29, 1.82) is 0 Å². The Labute approximate surface area is 165 Å². The first-order valence-electron chi connectivity index (χ1n) is 8.63. The van der Waals surface area contributed by atoms with Gasteiger partial charge in [0.15, 0.2) is 17.5 Å². The Kier molecular flexibility index (Phi) is 7.57. The molecule has 0 unspecified atom stereocenters. The number of rotatable bonds is 7. The fraction of sp³-hybridized carbons (Fsp3) is 0.389. The first kappa shape index (κ1) is 22.2. The zero-order valence-corrected chi connectivity index (χ0v) is 16.2. The number of ether oxygens (including phenoxy) is 1. The van der Waals surface area contributed by atoms with E-state index >= 15 is 0 Å². The average Bonchev–Trinajstić information content (AvgIpc) is 2.67. The molecule has 11 heteroatoms. The van der Waals surface area contributed by atoms with Gasteiger partial charge in [-0.25, -0.2) is 14.4 Å². The quantitative estimate of drug-likeness (QED) is 0.314. The van der Waals surface area contributed by atoms with E-state index in [1.54, 1.807) is 31.1 Å². The van der Waals surface area contributed by atoms with Gasteiger partial charge in [-0.05, 0) is 23.8 Å². The molecule has 29 heavy (non-hydrogen) atoms. The SMILES string of the molecule is CN=C(NCCNc1nccc(C(F)(F)F)n1)N(C)Cc1ccc(OC)c(F)c1. The number of methoxy groups -OCH3 is 1. The van der Waals surface area contributed by atoms with Gasteiger partial charge in [0.2, 0.25) is 5.95 Å². The van der Waals surface area contributed by atoms with Gasteiger partial charge in [0.1, 0.15) is 5.69 Å². The summed E-state index contributed by atoms with van der Waals surface area (Å²) < 4.78 is 56.7. The van der Waals surface area contributed by atoms with Crippen LogP contribution < -0.4 is 15.4 Å². The van der Waals surface area contributed by atoms with Crippen LogP contribution in [0.3, 0.4) is 0 Å². The van der Waals surface area contributed by atoms with Crippen LogP contribution in [0.15, 0.2) is 35.5 Å². The molecule has 0 saturated heterocycles. The summed E-state index contributed by atoms with van der Waals surface area (Å²) in [6.07, 6.45) is -3.48. The minimum Gasteiger partial charge on any atom is -0.494 e. The van der Waals surface area contributed by atoms with Gasteiger partial charge in [-0.15, -0.1) is 0 Å². The van der Waals surface area contributed by atoms with Crippen LogP contribution in [0.5, 0.6) is 5.75 Å². The highest BCUT2D eigenvalue weighted by molar-refractivity contribution is 5.79. The number of hydrogen-bond acceptors (Lipinski definition) is 5. The van der Waals surface area contributed by atoms with Crippen LogP contribution in [-0.2, 0) is 12.7 Å². The molecule has 7 nitrogen and oxygen atoms in total. The highest BCUT2D eigenvalue weighted by atomic mass is 19.4. The number of aromatic nitrogens is 2. The molecule has 158 valence electrons. The van der Waals surface area contributed by atoms with Crippen molar-refractivity contribution < 1.29 is 22.3 Å². The third-order valence-corrected chi connectivity index (χ3v) is 3.85. The van der Waals surface area contributed by atoms with Crippen molar-refractivity contribution >= 4 is 11.9 Å². The average molecular weight is 414 g/mol. The fourth-order valence-electron chi connectivity index (χ4n) is 2.49. The van der Waals surface area contributed by atoms with Gasteiger partial charge in [-0.2, -0.15) is 13.2 Å². The van der Waals surface area contributed by atoms with Gasteiger partial charge in [0.05, 0.1) is 7.11 Å². The van der Waals surface area contributed by atoms with E-state index in [-0.39, 0.29) is 18.2 Å². The minimum atomic E-state index is -4.52. The molecular formula is C18H22F4N6O. The summed E-state index contributed by atoms with van der Waals surface area (Å²) in [4.78, 5) is 13.1. The highest BCUT2D eigenvalue weighted by Crippen LogP contribution is 2.27. The lowest BCUT2D eigenvalue weighted by atomic mass is 10.2. The van der Waals surface area contributed by atoms with E-state index in [1.807, 2.05) is 0 Å². The predicted octanol–water partition coefficient (Wildman–Crippen LogP) is 2.76. The molecule has 2 aromatic rings. The Balaban J connectivity index is 1.85. The summed E-state index contributed by atoms with van der Waals surface area (Å²) in [5.41, 5.74) is -0.283. The number of halogens is 4. The Morgan fingerprint density at radius 1 is 1.24 bits per heavy atom. The van der Waals surface area contributed by atoms with E-state index in [1.165, 1.54) is 13.2 Å². The van der Waals surface area contributed by atoms with Crippen LogP contribution >= 0.6 is 0 Å². The molecule has 0 saturated carbocycles. The highest BCUT2D eigenvalue weighted by Gasteiger charge is 2.32. The van der Waals surface area contributed by atoms with Crippen molar-refractivity contribution in [2.24, 2.45) is 4.99 Å². The Morgan fingerprint density at radius 3 is 2.62 bits per heavy atom. The van der Waals surface area contributed by atoms with E-state index in [9.17, 15) is 17.6 Å². The standard InChI is InChI=1S/C18H22F4N6O/c1-23-17(28(2)11-12-4-5-14(29-3)13(19)10-12)26-9-8-25-16-24-7-6-15(27-16)18(20,21)22/h4-7,10H,8-9,11H2,1-3H3,(H,23,26)(H,24,25,27). The maximum absolute atomic E-state index is 13.8. The van der Waals surface area contributed by atoms with E-state index in [0.717, 1.165) is 17.8 Å². The lowest BCUT2D eigenvalue weighted by Crippen LogP contribution is -2.40. The maximum Gasteiger partial charge on any atom is 0.433 e. The summed E-state index contributed by atoms with van der Waals surface area (Å²) >= 11 is 0. The van der Waals surface area contributed by atoms with Crippen molar-refractivity contribution in [2.45, 2.75) is 12.7 Å². The summed E-state index contributed by atoms with van der Waals surface area (Å²) in [6.45, 7) is 1.02. The first-order valence-corrected chi connectivity index (χ1v) is 8.63. The summed E-state index contributed by atoms with van der Waals surface area (Å²) in [6, 6.07) is 5.49. The molecule has 1 aromatic carbocycles.